The van der Waals surface area contributed by atoms with Crippen molar-refractivity contribution < 1.29 is 4.79 Å². The standard InChI is InChI=1S/C27H59N5O/c1-9-29(8)20-14-17-26(18-15-21-30(10-2)11-3)19-16-22-31(12-4)23-24-32(13-5)25(6)27(33)28-7/h25-26H,9-24H2,1-8H3,(H,28,33)/t25?,26-/m0/s1. The van der Waals surface area contributed by atoms with Crippen LogP contribution in [0.3, 0.4) is 0 Å². The molecule has 33 heavy (non-hydrogen) atoms. The van der Waals surface area contributed by atoms with E-state index in [2.05, 4.69) is 66.6 Å². The minimum Gasteiger partial charge on any atom is -0.358 e. The molecule has 0 bridgehead atoms. The normalized spacial score (nSPS) is 13.9. The molecule has 0 fully saturated rings. The third kappa shape index (κ3) is 15.0. The van der Waals surface area contributed by atoms with Crippen LogP contribution in [0, 0.1) is 5.92 Å². The molecule has 198 valence electrons. The molecule has 0 aromatic heterocycles. The predicted octanol–water partition coefficient (Wildman–Crippen LogP) is 4.02. The van der Waals surface area contributed by atoms with E-state index in [1.54, 1.807) is 7.05 Å². The van der Waals surface area contributed by atoms with Crippen LogP contribution in [-0.2, 0) is 4.79 Å². The summed E-state index contributed by atoms with van der Waals surface area (Å²) in [4.78, 5) is 21.9. The van der Waals surface area contributed by atoms with Crippen LogP contribution >= 0.6 is 0 Å². The van der Waals surface area contributed by atoms with Gasteiger partial charge in [-0.2, -0.15) is 0 Å². The van der Waals surface area contributed by atoms with Crippen LogP contribution in [0.15, 0.2) is 0 Å². The summed E-state index contributed by atoms with van der Waals surface area (Å²) in [5.74, 6) is 0.964. The van der Waals surface area contributed by atoms with Crippen LogP contribution in [0.2, 0.25) is 0 Å². The number of likely N-dealkylation sites (N-methyl/N-ethyl adjacent to an activating group) is 3. The van der Waals surface area contributed by atoms with Gasteiger partial charge in [-0.05, 0) is 111 Å². The SMILES string of the molecule is CCN(C)CCC[C@@H](CCCN(CC)CC)CCCN(CC)CCN(CC)C(C)C(=O)NC. The Hall–Kier alpha value is -0.690. The van der Waals surface area contributed by atoms with E-state index < -0.39 is 0 Å². The van der Waals surface area contributed by atoms with Crippen molar-refractivity contribution in [3.63, 3.8) is 0 Å². The molecule has 0 aromatic carbocycles. The van der Waals surface area contributed by atoms with Gasteiger partial charge in [0.25, 0.3) is 0 Å². The second kappa shape index (κ2) is 20.7. The Morgan fingerprint density at radius 1 is 0.697 bits per heavy atom. The van der Waals surface area contributed by atoms with Gasteiger partial charge >= 0.3 is 0 Å². The molecule has 0 saturated heterocycles. The van der Waals surface area contributed by atoms with E-state index in [0.29, 0.717) is 0 Å². The van der Waals surface area contributed by atoms with E-state index in [-0.39, 0.29) is 11.9 Å². The quantitative estimate of drug-likeness (QED) is 0.259. The Morgan fingerprint density at radius 3 is 1.67 bits per heavy atom. The van der Waals surface area contributed by atoms with Crippen LogP contribution in [0.25, 0.3) is 0 Å². The molecule has 0 aliphatic heterocycles. The third-order valence-corrected chi connectivity index (χ3v) is 7.49. The molecule has 0 heterocycles. The maximum absolute atomic E-state index is 12.0. The van der Waals surface area contributed by atoms with Gasteiger partial charge in [0.2, 0.25) is 5.91 Å². The average molecular weight is 470 g/mol. The predicted molar refractivity (Wildman–Crippen MR) is 145 cm³/mol. The molecule has 0 spiro atoms. The van der Waals surface area contributed by atoms with E-state index in [1.165, 1.54) is 71.2 Å². The summed E-state index contributed by atoms with van der Waals surface area (Å²) in [6, 6.07) is -0.0601. The Labute approximate surface area is 207 Å². The second-order valence-corrected chi connectivity index (χ2v) is 9.57. The van der Waals surface area contributed by atoms with Gasteiger partial charge in [-0.1, -0.05) is 34.6 Å². The van der Waals surface area contributed by atoms with Gasteiger partial charge in [0.1, 0.15) is 0 Å². The number of amides is 1. The van der Waals surface area contributed by atoms with Gasteiger partial charge in [-0.3, -0.25) is 9.69 Å². The molecule has 0 aliphatic rings. The first-order chi connectivity index (χ1) is 15.9. The highest BCUT2D eigenvalue weighted by Gasteiger charge is 2.19. The van der Waals surface area contributed by atoms with Gasteiger partial charge in [0, 0.05) is 20.1 Å². The van der Waals surface area contributed by atoms with Crippen molar-refractivity contribution in [3.05, 3.63) is 0 Å². The Morgan fingerprint density at radius 2 is 1.21 bits per heavy atom. The number of hydrogen-bond acceptors (Lipinski definition) is 5. The van der Waals surface area contributed by atoms with Crippen molar-refractivity contribution in [1.82, 2.24) is 24.9 Å². The molecule has 2 atom stereocenters. The van der Waals surface area contributed by atoms with Gasteiger partial charge in [-0.25, -0.2) is 0 Å². The fraction of sp³-hybridized carbons (Fsp3) is 0.963. The van der Waals surface area contributed by atoms with Gasteiger partial charge < -0.3 is 20.0 Å². The highest BCUT2D eigenvalue weighted by atomic mass is 16.2. The highest BCUT2D eigenvalue weighted by molar-refractivity contribution is 5.80. The number of nitrogens with one attached hydrogen (secondary N) is 1. The summed E-state index contributed by atoms with van der Waals surface area (Å²) < 4.78 is 0. The molecule has 0 aromatic rings. The number of hydrogen-bond donors (Lipinski definition) is 1. The number of carbonyl (C=O) groups excluding carboxylic acids is 1. The average Bonchev–Trinajstić information content (AvgIpc) is 2.84. The van der Waals surface area contributed by atoms with Crippen LogP contribution in [0.4, 0.5) is 0 Å². The minimum atomic E-state index is -0.0601. The zero-order valence-electron chi connectivity index (χ0n) is 23.7. The van der Waals surface area contributed by atoms with Crippen molar-refractivity contribution in [1.29, 1.82) is 0 Å². The molecule has 1 unspecified atom stereocenters. The summed E-state index contributed by atoms with van der Waals surface area (Å²) in [6.45, 7) is 24.3. The summed E-state index contributed by atoms with van der Waals surface area (Å²) in [5.41, 5.74) is 0. The zero-order chi connectivity index (χ0) is 25.1. The zero-order valence-corrected chi connectivity index (χ0v) is 23.7. The molecule has 0 rings (SSSR count). The molecular weight excluding hydrogens is 410 g/mol. The summed E-state index contributed by atoms with van der Waals surface area (Å²) >= 11 is 0. The maximum atomic E-state index is 12.0. The number of rotatable bonds is 22. The summed E-state index contributed by atoms with van der Waals surface area (Å²) in [5, 5.41) is 2.79. The molecule has 1 N–H and O–H groups in total. The van der Waals surface area contributed by atoms with Crippen molar-refractivity contribution in [2.45, 2.75) is 86.1 Å². The lowest BCUT2D eigenvalue weighted by Gasteiger charge is -2.30. The van der Waals surface area contributed by atoms with Crippen LogP contribution in [0.1, 0.15) is 80.1 Å². The van der Waals surface area contributed by atoms with E-state index in [1.807, 2.05) is 6.92 Å². The summed E-state index contributed by atoms with van der Waals surface area (Å²) in [7, 11) is 3.96. The third-order valence-electron chi connectivity index (χ3n) is 7.49. The topological polar surface area (TPSA) is 42.1 Å². The first-order valence-corrected chi connectivity index (χ1v) is 13.9. The van der Waals surface area contributed by atoms with Crippen molar-refractivity contribution in [2.24, 2.45) is 5.92 Å². The van der Waals surface area contributed by atoms with Crippen molar-refractivity contribution in [3.8, 4) is 0 Å². The smallest absolute Gasteiger partial charge is 0.236 e. The second-order valence-electron chi connectivity index (χ2n) is 9.57. The van der Waals surface area contributed by atoms with Gasteiger partial charge in [0.15, 0.2) is 0 Å². The molecule has 0 saturated carbocycles. The van der Waals surface area contributed by atoms with Crippen LogP contribution in [-0.4, -0.2) is 111 Å². The molecule has 6 heteroatoms. The van der Waals surface area contributed by atoms with Gasteiger partial charge in [0.05, 0.1) is 6.04 Å². The lowest BCUT2D eigenvalue weighted by molar-refractivity contribution is -0.125. The van der Waals surface area contributed by atoms with Crippen molar-refractivity contribution >= 4 is 5.91 Å². The molecule has 0 radical (unpaired) electrons. The van der Waals surface area contributed by atoms with Gasteiger partial charge in [-0.15, -0.1) is 0 Å². The molecule has 1 amide bonds. The highest BCUT2D eigenvalue weighted by Crippen LogP contribution is 2.20. The molecule has 0 aliphatic carbocycles. The fourth-order valence-electron chi connectivity index (χ4n) is 4.69. The molecule has 6 nitrogen and oxygen atoms in total. The van der Waals surface area contributed by atoms with E-state index in [9.17, 15) is 4.79 Å². The largest absolute Gasteiger partial charge is 0.358 e. The van der Waals surface area contributed by atoms with E-state index in [0.717, 1.165) is 38.6 Å². The fourth-order valence-corrected chi connectivity index (χ4v) is 4.69. The van der Waals surface area contributed by atoms with Crippen LogP contribution < -0.4 is 5.32 Å². The number of carbonyl (C=O) groups is 1. The maximum Gasteiger partial charge on any atom is 0.236 e. The number of nitrogens with zero attached hydrogens (tertiary/aromatic N) is 4. The Bertz CT molecular complexity index is 458. The lowest BCUT2D eigenvalue weighted by atomic mass is 9.92. The van der Waals surface area contributed by atoms with Crippen molar-refractivity contribution in [2.75, 3.05) is 79.5 Å². The minimum absolute atomic E-state index is 0.0601. The van der Waals surface area contributed by atoms with Crippen LogP contribution in [0.5, 0.6) is 0 Å². The summed E-state index contributed by atoms with van der Waals surface area (Å²) in [6.07, 6.45) is 8.01. The van der Waals surface area contributed by atoms with E-state index in [4.69, 9.17) is 0 Å². The van der Waals surface area contributed by atoms with E-state index >= 15 is 0 Å². The lowest BCUT2D eigenvalue weighted by Crippen LogP contribution is -2.47. The monoisotopic (exact) mass is 469 g/mol. The first-order valence-electron chi connectivity index (χ1n) is 13.9. The molecular formula is C27H59N5O. The Balaban J connectivity index is 4.57. The first kappa shape index (κ1) is 32.3. The Kier molecular flexibility index (Phi) is 20.2.